The van der Waals surface area contributed by atoms with Gasteiger partial charge in [0.2, 0.25) is 11.9 Å². The number of rotatable bonds is 3. The molecule has 1 fully saturated rings. The molecule has 0 aliphatic carbocycles. The third-order valence-electron chi connectivity index (χ3n) is 5.12. The Morgan fingerprint density at radius 1 is 1.22 bits per heavy atom. The van der Waals surface area contributed by atoms with Gasteiger partial charge in [-0.3, -0.25) is 9.20 Å². The Kier molecular flexibility index (Phi) is 4.51. The van der Waals surface area contributed by atoms with Crippen LogP contribution in [-0.2, 0) is 4.79 Å². The Balaban J connectivity index is 1.52. The molecular formula is C20H22FN5O. The molecule has 2 aromatic heterocycles. The highest BCUT2D eigenvalue weighted by molar-refractivity contribution is 5.93. The zero-order valence-corrected chi connectivity index (χ0v) is 15.4. The van der Waals surface area contributed by atoms with Crippen LogP contribution in [0.4, 0.5) is 16.0 Å². The third kappa shape index (κ3) is 3.37. The lowest BCUT2D eigenvalue weighted by Gasteiger charge is -2.32. The first kappa shape index (κ1) is 17.5. The molecular weight excluding hydrogens is 345 g/mol. The van der Waals surface area contributed by atoms with E-state index in [2.05, 4.69) is 20.4 Å². The number of benzene rings is 1. The number of nitrogens with zero attached hydrogens (tertiary/aromatic N) is 4. The van der Waals surface area contributed by atoms with Crippen molar-refractivity contribution in [2.75, 3.05) is 23.3 Å². The number of nitrogens with one attached hydrogen (secondary N) is 1. The third-order valence-corrected chi connectivity index (χ3v) is 5.12. The first-order valence-electron chi connectivity index (χ1n) is 9.15. The smallest absolute Gasteiger partial charge is 0.231 e. The molecule has 0 spiro atoms. The number of hydrogen-bond donors (Lipinski definition) is 1. The minimum Gasteiger partial charge on any atom is -0.340 e. The molecule has 3 heterocycles. The molecule has 1 saturated heterocycles. The summed E-state index contributed by atoms with van der Waals surface area (Å²) in [7, 11) is 0. The van der Waals surface area contributed by atoms with E-state index >= 15 is 0 Å². The highest BCUT2D eigenvalue weighted by atomic mass is 19.1. The predicted octanol–water partition coefficient (Wildman–Crippen LogP) is 3.34. The summed E-state index contributed by atoms with van der Waals surface area (Å²) in [5.74, 6) is 0.179. The zero-order valence-electron chi connectivity index (χ0n) is 15.4. The molecule has 6 nitrogen and oxygen atoms in total. The van der Waals surface area contributed by atoms with Gasteiger partial charge in [-0.25, -0.2) is 4.39 Å². The van der Waals surface area contributed by atoms with Crippen molar-refractivity contribution >= 4 is 23.2 Å². The van der Waals surface area contributed by atoms with Gasteiger partial charge in [-0.05, 0) is 56.5 Å². The fraction of sp³-hybridized carbons (Fsp3) is 0.350. The zero-order chi connectivity index (χ0) is 19.0. The number of piperidine rings is 1. The van der Waals surface area contributed by atoms with Crippen molar-refractivity contribution in [3.05, 3.63) is 53.5 Å². The summed E-state index contributed by atoms with van der Waals surface area (Å²) >= 11 is 0. The monoisotopic (exact) mass is 367 g/mol. The van der Waals surface area contributed by atoms with Crippen molar-refractivity contribution in [3.63, 3.8) is 0 Å². The number of carbonyl (C=O) groups is 1. The second kappa shape index (κ2) is 6.98. The van der Waals surface area contributed by atoms with E-state index in [0.717, 1.165) is 36.7 Å². The molecule has 1 aromatic carbocycles. The predicted molar refractivity (Wildman–Crippen MR) is 102 cm³/mol. The van der Waals surface area contributed by atoms with Crippen molar-refractivity contribution in [2.24, 2.45) is 5.92 Å². The lowest BCUT2D eigenvalue weighted by Crippen LogP contribution is -2.41. The van der Waals surface area contributed by atoms with Crippen molar-refractivity contribution < 1.29 is 9.18 Å². The number of halogens is 1. The van der Waals surface area contributed by atoms with Crippen molar-refractivity contribution in [1.82, 2.24) is 14.6 Å². The van der Waals surface area contributed by atoms with Crippen molar-refractivity contribution in [3.8, 4) is 0 Å². The minimum absolute atomic E-state index is 0.0894. The second-order valence-electron chi connectivity index (χ2n) is 7.10. The van der Waals surface area contributed by atoms with E-state index in [9.17, 15) is 9.18 Å². The molecule has 7 heteroatoms. The maximum Gasteiger partial charge on any atom is 0.231 e. The Bertz CT molecular complexity index is 999. The molecule has 0 saturated carbocycles. The van der Waals surface area contributed by atoms with Crippen LogP contribution < -0.4 is 10.2 Å². The van der Waals surface area contributed by atoms with Gasteiger partial charge in [-0.1, -0.05) is 12.1 Å². The van der Waals surface area contributed by atoms with E-state index in [1.165, 1.54) is 6.07 Å². The molecule has 3 aromatic rings. The fourth-order valence-electron chi connectivity index (χ4n) is 3.57. The van der Waals surface area contributed by atoms with Crippen LogP contribution in [-0.4, -0.2) is 33.6 Å². The van der Waals surface area contributed by atoms with Crippen LogP contribution in [0.5, 0.6) is 0 Å². The first-order valence-corrected chi connectivity index (χ1v) is 9.15. The van der Waals surface area contributed by atoms with Crippen LogP contribution in [0.3, 0.4) is 0 Å². The van der Waals surface area contributed by atoms with E-state index < -0.39 is 0 Å². The lowest BCUT2D eigenvalue weighted by atomic mass is 9.97. The van der Waals surface area contributed by atoms with Gasteiger partial charge in [-0.15, -0.1) is 10.2 Å². The van der Waals surface area contributed by atoms with Gasteiger partial charge in [0, 0.05) is 24.5 Å². The maximum absolute atomic E-state index is 13.7. The number of pyridine rings is 1. The number of aryl methyl sites for hydroxylation is 2. The quantitative estimate of drug-likeness (QED) is 0.771. The van der Waals surface area contributed by atoms with Gasteiger partial charge in [0.25, 0.3) is 0 Å². The molecule has 1 atom stereocenters. The van der Waals surface area contributed by atoms with Crippen LogP contribution in [0.15, 0.2) is 36.4 Å². The molecule has 1 aliphatic rings. The summed E-state index contributed by atoms with van der Waals surface area (Å²) in [6.45, 7) is 5.11. The van der Waals surface area contributed by atoms with Gasteiger partial charge < -0.3 is 10.2 Å². The molecule has 1 aliphatic heterocycles. The highest BCUT2D eigenvalue weighted by Gasteiger charge is 2.28. The van der Waals surface area contributed by atoms with Crippen LogP contribution in [0.1, 0.15) is 24.1 Å². The Morgan fingerprint density at radius 3 is 2.89 bits per heavy atom. The standard InChI is InChI=1S/C20H22FN5O/c1-13-8-9-16(11-17(13)21)22-19(27)15-6-4-10-25(12-15)20-24-23-18-7-3-5-14(2)26(18)20/h3,5,7-9,11,15H,4,6,10,12H2,1-2H3,(H,22,27)/t15-/m1/s1. The summed E-state index contributed by atoms with van der Waals surface area (Å²) in [6.07, 6.45) is 1.69. The van der Waals surface area contributed by atoms with Crippen LogP contribution >= 0.6 is 0 Å². The Morgan fingerprint density at radius 2 is 2.07 bits per heavy atom. The second-order valence-corrected chi connectivity index (χ2v) is 7.10. The molecule has 4 rings (SSSR count). The summed E-state index contributed by atoms with van der Waals surface area (Å²) in [5.41, 5.74) is 2.90. The van der Waals surface area contributed by atoms with Gasteiger partial charge in [0.15, 0.2) is 5.65 Å². The van der Waals surface area contributed by atoms with Crippen molar-refractivity contribution in [1.29, 1.82) is 0 Å². The van der Waals surface area contributed by atoms with Gasteiger partial charge in [-0.2, -0.15) is 0 Å². The van der Waals surface area contributed by atoms with E-state index in [0.29, 0.717) is 17.8 Å². The van der Waals surface area contributed by atoms with E-state index in [4.69, 9.17) is 0 Å². The SMILES string of the molecule is Cc1ccc(NC(=O)[C@@H]2CCCN(c3nnc4cccc(C)n34)C2)cc1F. The summed E-state index contributed by atoms with van der Waals surface area (Å²) in [4.78, 5) is 14.8. The Hall–Kier alpha value is -2.96. The summed E-state index contributed by atoms with van der Waals surface area (Å²) < 4.78 is 15.7. The lowest BCUT2D eigenvalue weighted by molar-refractivity contribution is -0.120. The average molecular weight is 367 g/mol. The number of anilines is 2. The molecule has 140 valence electrons. The van der Waals surface area contributed by atoms with Gasteiger partial charge in [0.1, 0.15) is 5.82 Å². The average Bonchev–Trinajstić information content (AvgIpc) is 3.10. The molecule has 0 unspecified atom stereocenters. The number of hydrogen-bond acceptors (Lipinski definition) is 4. The topological polar surface area (TPSA) is 62.5 Å². The fourth-order valence-corrected chi connectivity index (χ4v) is 3.57. The highest BCUT2D eigenvalue weighted by Crippen LogP contribution is 2.25. The molecule has 1 N–H and O–H groups in total. The van der Waals surface area contributed by atoms with Gasteiger partial charge in [0.05, 0.1) is 5.92 Å². The number of amides is 1. The van der Waals surface area contributed by atoms with Crippen molar-refractivity contribution in [2.45, 2.75) is 26.7 Å². The summed E-state index contributed by atoms with van der Waals surface area (Å²) in [5, 5.41) is 11.4. The number of fused-ring (bicyclic) bond motifs is 1. The number of aromatic nitrogens is 3. The summed E-state index contributed by atoms with van der Waals surface area (Å²) in [6, 6.07) is 10.7. The molecule has 0 bridgehead atoms. The maximum atomic E-state index is 13.7. The Labute approximate surface area is 157 Å². The normalized spacial score (nSPS) is 17.3. The van der Waals surface area contributed by atoms with Crippen LogP contribution in [0.2, 0.25) is 0 Å². The van der Waals surface area contributed by atoms with Crippen LogP contribution in [0, 0.1) is 25.6 Å². The minimum atomic E-state index is -0.316. The largest absolute Gasteiger partial charge is 0.340 e. The first-order chi connectivity index (χ1) is 13.0. The van der Waals surface area contributed by atoms with Gasteiger partial charge >= 0.3 is 0 Å². The molecule has 0 radical (unpaired) electrons. The number of carbonyl (C=O) groups excluding carboxylic acids is 1. The van der Waals surface area contributed by atoms with E-state index in [1.807, 2.05) is 29.5 Å². The molecule has 27 heavy (non-hydrogen) atoms. The van der Waals surface area contributed by atoms with Crippen LogP contribution in [0.25, 0.3) is 5.65 Å². The molecule has 1 amide bonds. The van der Waals surface area contributed by atoms with E-state index in [1.54, 1.807) is 19.1 Å². The van der Waals surface area contributed by atoms with E-state index in [-0.39, 0.29) is 17.6 Å².